The molecule has 1 aliphatic heterocycles. The Bertz CT molecular complexity index is 588. The molecular formula is C14H11Cl2NO. The molecule has 1 aromatic carbocycles. The van der Waals surface area contributed by atoms with E-state index in [4.69, 9.17) is 27.9 Å². The Morgan fingerprint density at radius 3 is 2.78 bits per heavy atom. The van der Waals surface area contributed by atoms with Crippen LogP contribution in [0.15, 0.2) is 42.7 Å². The number of hydrogen-bond acceptors (Lipinski definition) is 2. The first-order valence-electron chi connectivity index (χ1n) is 5.64. The maximum atomic E-state index is 6.20. The van der Waals surface area contributed by atoms with Crippen LogP contribution in [0.25, 0.3) is 0 Å². The molecule has 0 bridgehead atoms. The van der Waals surface area contributed by atoms with Crippen molar-refractivity contribution in [3.8, 4) is 0 Å². The van der Waals surface area contributed by atoms with Crippen molar-refractivity contribution in [1.29, 1.82) is 0 Å². The predicted molar refractivity (Wildman–Crippen MR) is 71.9 cm³/mol. The van der Waals surface area contributed by atoms with Gasteiger partial charge in [-0.3, -0.25) is 4.98 Å². The summed E-state index contributed by atoms with van der Waals surface area (Å²) in [5.41, 5.74) is 1.68. The van der Waals surface area contributed by atoms with E-state index < -0.39 is 0 Å². The molecule has 2 aromatic rings. The van der Waals surface area contributed by atoms with Crippen LogP contribution >= 0.6 is 23.2 Å². The summed E-state index contributed by atoms with van der Waals surface area (Å²) >= 11 is 12.1. The van der Waals surface area contributed by atoms with E-state index in [0.717, 1.165) is 11.1 Å². The summed E-state index contributed by atoms with van der Waals surface area (Å²) in [5.74, 6) is 0. The number of aromatic nitrogens is 1. The Morgan fingerprint density at radius 1 is 1.28 bits per heavy atom. The molecule has 1 fully saturated rings. The average molecular weight is 280 g/mol. The Hall–Kier alpha value is -1.09. The van der Waals surface area contributed by atoms with Crippen molar-refractivity contribution in [2.45, 2.75) is 18.6 Å². The van der Waals surface area contributed by atoms with Crippen LogP contribution in [-0.4, -0.2) is 4.98 Å². The number of nitrogens with zero attached hydrogens (tertiary/aromatic N) is 1. The van der Waals surface area contributed by atoms with Crippen molar-refractivity contribution in [1.82, 2.24) is 4.98 Å². The second-order valence-electron chi connectivity index (χ2n) is 4.51. The van der Waals surface area contributed by atoms with Gasteiger partial charge in [0, 0.05) is 33.6 Å². The fraction of sp³-hybridized carbons (Fsp3) is 0.214. The summed E-state index contributed by atoms with van der Waals surface area (Å²) in [6.07, 6.45) is 3.54. The molecule has 0 aliphatic carbocycles. The van der Waals surface area contributed by atoms with E-state index in [2.05, 4.69) is 4.98 Å². The fourth-order valence-electron chi connectivity index (χ4n) is 2.16. The standard InChI is InChI=1S/C14H11Cl2NO/c1-14(9-3-2-6-17-8-9)13(18-14)11-5-4-10(15)7-12(11)16/h2-8,13H,1H3/t13-,14-/m0/s1. The summed E-state index contributed by atoms with van der Waals surface area (Å²) in [4.78, 5) is 4.12. The highest BCUT2D eigenvalue weighted by molar-refractivity contribution is 6.35. The van der Waals surface area contributed by atoms with Crippen LogP contribution in [0.3, 0.4) is 0 Å². The van der Waals surface area contributed by atoms with Gasteiger partial charge in [0.15, 0.2) is 0 Å². The van der Waals surface area contributed by atoms with Crippen LogP contribution in [0.4, 0.5) is 0 Å². The van der Waals surface area contributed by atoms with Crippen LogP contribution in [-0.2, 0) is 10.3 Å². The summed E-state index contributed by atoms with van der Waals surface area (Å²) < 4.78 is 5.83. The molecule has 0 N–H and O–H groups in total. The summed E-state index contributed by atoms with van der Waals surface area (Å²) in [6, 6.07) is 9.40. The molecule has 2 atom stereocenters. The van der Waals surface area contributed by atoms with Crippen molar-refractivity contribution in [2.24, 2.45) is 0 Å². The molecule has 1 aromatic heterocycles. The Kier molecular flexibility index (Phi) is 2.81. The lowest BCUT2D eigenvalue weighted by molar-refractivity contribution is 0.313. The molecular weight excluding hydrogens is 269 g/mol. The van der Waals surface area contributed by atoms with Crippen molar-refractivity contribution < 1.29 is 4.74 Å². The second-order valence-corrected chi connectivity index (χ2v) is 5.36. The molecule has 18 heavy (non-hydrogen) atoms. The highest BCUT2D eigenvalue weighted by atomic mass is 35.5. The number of hydrogen-bond donors (Lipinski definition) is 0. The molecule has 2 nitrogen and oxygen atoms in total. The monoisotopic (exact) mass is 279 g/mol. The van der Waals surface area contributed by atoms with Crippen LogP contribution in [0.5, 0.6) is 0 Å². The molecule has 0 amide bonds. The highest BCUT2D eigenvalue weighted by Crippen LogP contribution is 2.57. The van der Waals surface area contributed by atoms with Crippen molar-refractivity contribution in [3.05, 3.63) is 63.9 Å². The predicted octanol–water partition coefficient (Wildman–Crippen LogP) is 4.38. The highest BCUT2D eigenvalue weighted by Gasteiger charge is 2.55. The van der Waals surface area contributed by atoms with Gasteiger partial charge in [0.2, 0.25) is 0 Å². The summed E-state index contributed by atoms with van der Waals surface area (Å²) in [7, 11) is 0. The third-order valence-electron chi connectivity index (χ3n) is 3.29. The van der Waals surface area contributed by atoms with Gasteiger partial charge in [0.25, 0.3) is 0 Å². The first kappa shape index (κ1) is 12.0. The molecule has 1 aliphatic rings. The maximum absolute atomic E-state index is 6.20. The second kappa shape index (κ2) is 4.23. The first-order chi connectivity index (χ1) is 8.61. The maximum Gasteiger partial charge on any atom is 0.123 e. The van der Waals surface area contributed by atoms with Crippen LogP contribution < -0.4 is 0 Å². The van der Waals surface area contributed by atoms with Crippen LogP contribution in [0.1, 0.15) is 24.2 Å². The minimum Gasteiger partial charge on any atom is -0.356 e. The molecule has 1 saturated heterocycles. The normalized spacial score (nSPS) is 26.1. The fourth-order valence-corrected chi connectivity index (χ4v) is 2.67. The average Bonchev–Trinajstić information content (AvgIpc) is 3.04. The van der Waals surface area contributed by atoms with E-state index in [1.165, 1.54) is 0 Å². The van der Waals surface area contributed by atoms with E-state index in [1.54, 1.807) is 12.3 Å². The van der Waals surface area contributed by atoms with E-state index in [-0.39, 0.29) is 11.7 Å². The molecule has 92 valence electrons. The number of benzene rings is 1. The molecule has 0 unspecified atom stereocenters. The molecule has 0 saturated carbocycles. The quantitative estimate of drug-likeness (QED) is 0.763. The smallest absolute Gasteiger partial charge is 0.123 e. The zero-order valence-electron chi connectivity index (χ0n) is 9.73. The molecule has 2 heterocycles. The lowest BCUT2D eigenvalue weighted by atomic mass is 9.95. The minimum atomic E-state index is -0.342. The van der Waals surface area contributed by atoms with Crippen molar-refractivity contribution >= 4 is 23.2 Å². The van der Waals surface area contributed by atoms with E-state index in [1.807, 2.05) is 37.4 Å². The van der Waals surface area contributed by atoms with E-state index >= 15 is 0 Å². The van der Waals surface area contributed by atoms with Gasteiger partial charge in [-0.15, -0.1) is 0 Å². The Balaban J connectivity index is 1.94. The SMILES string of the molecule is C[C@@]1(c2cccnc2)O[C@H]1c1ccc(Cl)cc1Cl. The van der Waals surface area contributed by atoms with Gasteiger partial charge in [-0.2, -0.15) is 0 Å². The van der Waals surface area contributed by atoms with Gasteiger partial charge in [0.05, 0.1) is 0 Å². The Morgan fingerprint density at radius 2 is 2.11 bits per heavy atom. The number of ether oxygens (including phenoxy) is 1. The number of epoxide rings is 1. The van der Waals surface area contributed by atoms with E-state index in [0.29, 0.717) is 10.0 Å². The minimum absolute atomic E-state index is 0.0357. The summed E-state index contributed by atoms with van der Waals surface area (Å²) in [5, 5.41) is 1.27. The molecule has 4 heteroatoms. The van der Waals surface area contributed by atoms with Gasteiger partial charge in [-0.05, 0) is 25.1 Å². The third-order valence-corrected chi connectivity index (χ3v) is 3.85. The van der Waals surface area contributed by atoms with Gasteiger partial charge in [-0.1, -0.05) is 35.3 Å². The van der Waals surface area contributed by atoms with Gasteiger partial charge >= 0.3 is 0 Å². The first-order valence-corrected chi connectivity index (χ1v) is 6.40. The van der Waals surface area contributed by atoms with Gasteiger partial charge < -0.3 is 4.74 Å². The van der Waals surface area contributed by atoms with Crippen molar-refractivity contribution in [3.63, 3.8) is 0 Å². The zero-order valence-corrected chi connectivity index (χ0v) is 11.2. The van der Waals surface area contributed by atoms with Crippen LogP contribution in [0.2, 0.25) is 10.0 Å². The number of rotatable bonds is 2. The van der Waals surface area contributed by atoms with Crippen molar-refractivity contribution in [2.75, 3.05) is 0 Å². The third kappa shape index (κ3) is 1.91. The van der Waals surface area contributed by atoms with E-state index in [9.17, 15) is 0 Å². The van der Waals surface area contributed by atoms with Gasteiger partial charge in [0.1, 0.15) is 11.7 Å². The lowest BCUT2D eigenvalue weighted by Crippen LogP contribution is -2.04. The largest absolute Gasteiger partial charge is 0.356 e. The lowest BCUT2D eigenvalue weighted by Gasteiger charge is -2.07. The topological polar surface area (TPSA) is 25.4 Å². The summed E-state index contributed by atoms with van der Waals surface area (Å²) in [6.45, 7) is 2.04. The molecule has 3 rings (SSSR count). The number of halogens is 2. The zero-order chi connectivity index (χ0) is 12.8. The van der Waals surface area contributed by atoms with Crippen LogP contribution in [0, 0.1) is 0 Å². The van der Waals surface area contributed by atoms with Gasteiger partial charge in [-0.25, -0.2) is 0 Å². The molecule has 0 spiro atoms. The number of pyridine rings is 1. The Labute approximate surface area is 116 Å². The molecule has 0 radical (unpaired) electrons.